The molecular weight excluding hydrogens is 382 g/mol. The molecule has 0 aromatic heterocycles. The maximum atomic E-state index is 11.0. The number of rotatable bonds is 7. The number of ether oxygens (including phenoxy) is 1. The fourth-order valence-corrected chi connectivity index (χ4v) is 3.59. The lowest BCUT2D eigenvalue weighted by Crippen LogP contribution is -2.51. The molecule has 0 amide bonds. The van der Waals surface area contributed by atoms with Crippen molar-refractivity contribution in [1.29, 1.82) is 0 Å². The first-order valence-electron chi connectivity index (χ1n) is 10.3. The number of guanidine groups is 1. The highest BCUT2D eigenvalue weighted by molar-refractivity contribution is 5.80. The summed E-state index contributed by atoms with van der Waals surface area (Å²) in [5.74, 6) is 1.58. The summed E-state index contributed by atoms with van der Waals surface area (Å²) in [4.78, 5) is 17.6. The summed E-state index contributed by atoms with van der Waals surface area (Å²) in [6.45, 7) is 5.02. The second-order valence-electron chi connectivity index (χ2n) is 7.25. The summed E-state index contributed by atoms with van der Waals surface area (Å²) >= 11 is 0. The third-order valence-corrected chi connectivity index (χ3v) is 5.07. The number of non-ortho nitro benzene ring substituents is 1. The smallest absolute Gasteiger partial charge is 0.269 e. The molecule has 0 spiro atoms. The number of methoxy groups -OCH3 is 1. The van der Waals surface area contributed by atoms with Gasteiger partial charge in [-0.15, -0.1) is 0 Å². The van der Waals surface area contributed by atoms with Crippen LogP contribution in [0.25, 0.3) is 0 Å². The summed E-state index contributed by atoms with van der Waals surface area (Å²) in [6.07, 6.45) is 2.14. The highest BCUT2D eigenvalue weighted by atomic mass is 16.6. The quantitative estimate of drug-likeness (QED) is 0.314. The Hall–Kier alpha value is -3.29. The molecule has 1 saturated heterocycles. The van der Waals surface area contributed by atoms with E-state index in [-0.39, 0.29) is 16.7 Å². The summed E-state index contributed by atoms with van der Waals surface area (Å²) < 4.78 is 5.35. The van der Waals surface area contributed by atoms with Gasteiger partial charge in [0.2, 0.25) is 0 Å². The summed E-state index contributed by atoms with van der Waals surface area (Å²) in [5, 5.41) is 17.8. The van der Waals surface area contributed by atoms with E-state index in [9.17, 15) is 10.1 Å². The maximum absolute atomic E-state index is 11.0. The number of anilines is 1. The van der Waals surface area contributed by atoms with Gasteiger partial charge in [0.25, 0.3) is 5.69 Å². The molecule has 0 saturated carbocycles. The van der Waals surface area contributed by atoms with Gasteiger partial charge >= 0.3 is 0 Å². The number of piperidine rings is 1. The molecule has 0 radical (unpaired) electrons. The van der Waals surface area contributed by atoms with Crippen molar-refractivity contribution in [3.05, 3.63) is 64.2 Å². The summed E-state index contributed by atoms with van der Waals surface area (Å²) in [6, 6.07) is 15.0. The van der Waals surface area contributed by atoms with Crippen LogP contribution in [0, 0.1) is 10.1 Å². The zero-order chi connectivity index (χ0) is 21.3. The summed E-state index contributed by atoms with van der Waals surface area (Å²) in [5.41, 5.74) is 2.05. The Morgan fingerprint density at radius 3 is 2.90 bits per heavy atom. The van der Waals surface area contributed by atoms with Crippen LogP contribution in [0.2, 0.25) is 0 Å². The van der Waals surface area contributed by atoms with Crippen LogP contribution >= 0.6 is 0 Å². The zero-order valence-electron chi connectivity index (χ0n) is 17.5. The van der Waals surface area contributed by atoms with Crippen molar-refractivity contribution in [2.45, 2.75) is 32.4 Å². The molecule has 1 atom stereocenters. The standard InChI is InChI=1S/C22H29N5O3/c1-3-23-22(24-15-17-7-4-10-20(13-17)27(28)29)25-18-8-6-12-26(16-18)19-9-5-11-21(14-19)30-2/h4-5,7,9-11,13-14,18H,3,6,8,12,15-16H2,1-2H3,(H2,23,24,25). The zero-order valence-corrected chi connectivity index (χ0v) is 17.5. The molecule has 2 aromatic carbocycles. The number of nitro groups is 1. The lowest BCUT2D eigenvalue weighted by atomic mass is 10.0. The van der Waals surface area contributed by atoms with E-state index in [1.165, 1.54) is 6.07 Å². The normalized spacial score (nSPS) is 16.8. The molecule has 30 heavy (non-hydrogen) atoms. The second-order valence-corrected chi connectivity index (χ2v) is 7.25. The first-order valence-corrected chi connectivity index (χ1v) is 10.3. The number of hydrogen-bond acceptors (Lipinski definition) is 5. The topological polar surface area (TPSA) is 92.0 Å². The molecular formula is C22H29N5O3. The van der Waals surface area contributed by atoms with Gasteiger partial charge in [0.05, 0.1) is 18.6 Å². The first-order chi connectivity index (χ1) is 14.6. The molecule has 3 rings (SSSR count). The Bertz CT molecular complexity index is 887. The largest absolute Gasteiger partial charge is 0.497 e. The van der Waals surface area contributed by atoms with Crippen molar-refractivity contribution < 1.29 is 9.66 Å². The van der Waals surface area contributed by atoms with Gasteiger partial charge in [-0.2, -0.15) is 0 Å². The van der Waals surface area contributed by atoms with Gasteiger partial charge in [0.1, 0.15) is 5.75 Å². The number of nitro benzene ring substituents is 1. The number of hydrogen-bond donors (Lipinski definition) is 2. The van der Waals surface area contributed by atoms with Crippen LogP contribution < -0.4 is 20.3 Å². The van der Waals surface area contributed by atoms with Gasteiger partial charge in [-0.05, 0) is 37.5 Å². The molecule has 1 aliphatic rings. The van der Waals surface area contributed by atoms with Crippen molar-refractivity contribution in [1.82, 2.24) is 10.6 Å². The Kier molecular flexibility index (Phi) is 7.48. The average Bonchev–Trinajstić information content (AvgIpc) is 2.78. The van der Waals surface area contributed by atoms with Crippen molar-refractivity contribution in [3.63, 3.8) is 0 Å². The van der Waals surface area contributed by atoms with Crippen LogP contribution in [0.4, 0.5) is 11.4 Å². The van der Waals surface area contributed by atoms with Gasteiger partial charge < -0.3 is 20.3 Å². The van der Waals surface area contributed by atoms with Crippen LogP contribution in [-0.2, 0) is 6.54 Å². The molecule has 0 bridgehead atoms. The minimum absolute atomic E-state index is 0.0851. The third kappa shape index (κ3) is 5.85. The lowest BCUT2D eigenvalue weighted by molar-refractivity contribution is -0.384. The predicted molar refractivity (Wildman–Crippen MR) is 119 cm³/mol. The molecule has 1 unspecified atom stereocenters. The highest BCUT2D eigenvalue weighted by Gasteiger charge is 2.21. The van der Waals surface area contributed by atoms with E-state index in [0.717, 1.165) is 55.4 Å². The second kappa shape index (κ2) is 10.5. The highest BCUT2D eigenvalue weighted by Crippen LogP contribution is 2.24. The van der Waals surface area contributed by atoms with Crippen molar-refractivity contribution in [2.75, 3.05) is 31.6 Å². The van der Waals surface area contributed by atoms with Crippen LogP contribution in [0.3, 0.4) is 0 Å². The molecule has 2 aromatic rings. The predicted octanol–water partition coefficient (Wildman–Crippen LogP) is 3.33. The van der Waals surface area contributed by atoms with Gasteiger partial charge in [0.15, 0.2) is 5.96 Å². The van der Waals surface area contributed by atoms with E-state index in [1.54, 1.807) is 19.2 Å². The number of nitrogens with zero attached hydrogens (tertiary/aromatic N) is 3. The van der Waals surface area contributed by atoms with E-state index in [0.29, 0.717) is 6.54 Å². The van der Waals surface area contributed by atoms with Gasteiger partial charge in [0, 0.05) is 49.6 Å². The van der Waals surface area contributed by atoms with Crippen LogP contribution in [0.15, 0.2) is 53.5 Å². The molecule has 160 valence electrons. The van der Waals surface area contributed by atoms with E-state index >= 15 is 0 Å². The van der Waals surface area contributed by atoms with Gasteiger partial charge in [-0.1, -0.05) is 18.2 Å². The van der Waals surface area contributed by atoms with Crippen molar-refractivity contribution >= 4 is 17.3 Å². The van der Waals surface area contributed by atoms with Gasteiger partial charge in [-0.3, -0.25) is 10.1 Å². The third-order valence-electron chi connectivity index (χ3n) is 5.07. The van der Waals surface area contributed by atoms with E-state index < -0.39 is 0 Å². The molecule has 1 fully saturated rings. The molecule has 1 heterocycles. The van der Waals surface area contributed by atoms with Crippen LogP contribution in [0.5, 0.6) is 5.75 Å². The number of aliphatic imine (C=N–C) groups is 1. The first kappa shape index (κ1) is 21.4. The molecule has 8 heteroatoms. The lowest BCUT2D eigenvalue weighted by Gasteiger charge is -2.35. The molecule has 2 N–H and O–H groups in total. The monoisotopic (exact) mass is 411 g/mol. The maximum Gasteiger partial charge on any atom is 0.269 e. The van der Waals surface area contributed by atoms with Gasteiger partial charge in [-0.25, -0.2) is 4.99 Å². The fourth-order valence-electron chi connectivity index (χ4n) is 3.59. The van der Waals surface area contributed by atoms with E-state index in [4.69, 9.17) is 4.74 Å². The minimum atomic E-state index is -0.383. The Morgan fingerprint density at radius 1 is 1.30 bits per heavy atom. The summed E-state index contributed by atoms with van der Waals surface area (Å²) in [7, 11) is 1.68. The fraction of sp³-hybridized carbons (Fsp3) is 0.409. The number of nitrogens with one attached hydrogen (secondary N) is 2. The van der Waals surface area contributed by atoms with E-state index in [2.05, 4.69) is 32.7 Å². The molecule has 8 nitrogen and oxygen atoms in total. The Morgan fingerprint density at radius 2 is 2.13 bits per heavy atom. The van der Waals surface area contributed by atoms with E-state index in [1.807, 2.05) is 25.1 Å². The number of benzene rings is 2. The minimum Gasteiger partial charge on any atom is -0.497 e. The SMILES string of the molecule is CCNC(=NCc1cccc([N+](=O)[O-])c1)NC1CCCN(c2cccc(OC)c2)C1. The molecule has 1 aliphatic heterocycles. The molecule has 0 aliphatic carbocycles. The average molecular weight is 412 g/mol. The van der Waals surface area contributed by atoms with Crippen molar-refractivity contribution in [2.24, 2.45) is 4.99 Å². The Labute approximate surface area is 177 Å². The van der Waals surface area contributed by atoms with Crippen molar-refractivity contribution in [3.8, 4) is 5.75 Å². The Balaban J connectivity index is 1.65. The van der Waals surface area contributed by atoms with Crippen LogP contribution in [0.1, 0.15) is 25.3 Å². The van der Waals surface area contributed by atoms with Crippen LogP contribution in [-0.4, -0.2) is 43.7 Å².